The summed E-state index contributed by atoms with van der Waals surface area (Å²) in [7, 11) is 0. The third-order valence-electron chi connectivity index (χ3n) is 5.86. The standard InChI is InChI=1S/C21H23N5S/c1-16-19(27-15-24-16)12-25-9-6-21(13-25)14-26(11-17-4-2-7-22-10-17)18-5-3-8-23-20(18)21/h2-5,7-8,10,15H,6,9,11-14H2,1H3/t21-/m1/s1. The predicted octanol–water partition coefficient (Wildman–Crippen LogP) is 3.41. The van der Waals surface area contributed by atoms with Crippen LogP contribution in [0, 0.1) is 6.92 Å². The van der Waals surface area contributed by atoms with Crippen LogP contribution in [0.15, 0.2) is 48.4 Å². The highest BCUT2D eigenvalue weighted by molar-refractivity contribution is 7.09. The van der Waals surface area contributed by atoms with E-state index in [-0.39, 0.29) is 5.41 Å². The Morgan fingerprint density at radius 2 is 2.04 bits per heavy atom. The Labute approximate surface area is 163 Å². The predicted molar refractivity (Wildman–Crippen MR) is 108 cm³/mol. The van der Waals surface area contributed by atoms with Crippen LogP contribution in [-0.4, -0.2) is 39.5 Å². The zero-order valence-electron chi connectivity index (χ0n) is 15.5. The summed E-state index contributed by atoms with van der Waals surface area (Å²) in [4.78, 5) is 20.0. The van der Waals surface area contributed by atoms with Crippen molar-refractivity contribution in [2.24, 2.45) is 0 Å². The van der Waals surface area contributed by atoms with Gasteiger partial charge in [0.05, 0.1) is 22.6 Å². The van der Waals surface area contributed by atoms with Gasteiger partial charge in [0, 0.05) is 55.1 Å². The molecule has 1 atom stereocenters. The van der Waals surface area contributed by atoms with E-state index in [4.69, 9.17) is 4.98 Å². The number of thiazole rings is 1. The van der Waals surface area contributed by atoms with E-state index in [9.17, 15) is 0 Å². The second kappa shape index (κ2) is 6.69. The van der Waals surface area contributed by atoms with Crippen molar-refractivity contribution in [3.8, 4) is 0 Å². The lowest BCUT2D eigenvalue weighted by molar-refractivity contribution is 0.307. The van der Waals surface area contributed by atoms with E-state index < -0.39 is 0 Å². The third kappa shape index (κ3) is 3.03. The molecule has 5 rings (SSSR count). The smallest absolute Gasteiger partial charge is 0.0798 e. The molecule has 1 spiro atoms. The zero-order chi connectivity index (χ0) is 18.3. The molecule has 3 aromatic heterocycles. The summed E-state index contributed by atoms with van der Waals surface area (Å²) in [6, 6.07) is 8.45. The van der Waals surface area contributed by atoms with Crippen molar-refractivity contribution in [1.82, 2.24) is 19.9 Å². The van der Waals surface area contributed by atoms with E-state index in [1.54, 1.807) is 11.3 Å². The third-order valence-corrected chi connectivity index (χ3v) is 6.78. The zero-order valence-corrected chi connectivity index (χ0v) is 16.3. The van der Waals surface area contributed by atoms with Crippen LogP contribution in [0.2, 0.25) is 0 Å². The van der Waals surface area contributed by atoms with Gasteiger partial charge in [0.25, 0.3) is 0 Å². The average Bonchev–Trinajstić information content (AvgIpc) is 3.37. The van der Waals surface area contributed by atoms with Crippen molar-refractivity contribution in [2.75, 3.05) is 24.5 Å². The summed E-state index contributed by atoms with van der Waals surface area (Å²) < 4.78 is 0. The molecule has 0 amide bonds. The summed E-state index contributed by atoms with van der Waals surface area (Å²) in [5.74, 6) is 0. The summed E-state index contributed by atoms with van der Waals surface area (Å²) in [5.41, 5.74) is 7.08. The number of hydrogen-bond acceptors (Lipinski definition) is 6. The first-order valence-electron chi connectivity index (χ1n) is 9.44. The Hall–Kier alpha value is -2.31. The summed E-state index contributed by atoms with van der Waals surface area (Å²) in [6.07, 6.45) is 6.91. The van der Waals surface area contributed by atoms with E-state index in [2.05, 4.69) is 44.9 Å². The summed E-state index contributed by atoms with van der Waals surface area (Å²) in [6.45, 7) is 7.23. The van der Waals surface area contributed by atoms with Crippen LogP contribution < -0.4 is 4.90 Å². The van der Waals surface area contributed by atoms with Gasteiger partial charge < -0.3 is 4.90 Å². The van der Waals surface area contributed by atoms with Gasteiger partial charge in [-0.05, 0) is 43.7 Å². The van der Waals surface area contributed by atoms with Gasteiger partial charge in [-0.2, -0.15) is 0 Å². The SMILES string of the molecule is Cc1ncsc1CN1CC[C@@]2(C1)CN(Cc1cccnc1)c1cccnc12. The average molecular weight is 378 g/mol. The number of hydrogen-bond donors (Lipinski definition) is 0. The van der Waals surface area contributed by atoms with Gasteiger partial charge in [-0.3, -0.25) is 14.9 Å². The number of likely N-dealkylation sites (tertiary alicyclic amines) is 1. The van der Waals surface area contributed by atoms with Gasteiger partial charge in [-0.25, -0.2) is 4.98 Å². The topological polar surface area (TPSA) is 45.2 Å². The molecule has 0 aromatic carbocycles. The molecule has 27 heavy (non-hydrogen) atoms. The summed E-state index contributed by atoms with van der Waals surface area (Å²) >= 11 is 1.77. The van der Waals surface area contributed by atoms with Crippen molar-refractivity contribution in [3.63, 3.8) is 0 Å². The number of aromatic nitrogens is 3. The van der Waals surface area contributed by atoms with Crippen LogP contribution >= 0.6 is 11.3 Å². The highest BCUT2D eigenvalue weighted by Crippen LogP contribution is 2.45. The molecule has 1 fully saturated rings. The molecule has 0 aliphatic carbocycles. The maximum Gasteiger partial charge on any atom is 0.0798 e. The Kier molecular flexibility index (Phi) is 4.17. The normalized spacial score (nSPS) is 21.9. The van der Waals surface area contributed by atoms with Gasteiger partial charge in [-0.15, -0.1) is 11.3 Å². The Morgan fingerprint density at radius 3 is 2.85 bits per heavy atom. The molecule has 2 aliphatic heterocycles. The quantitative estimate of drug-likeness (QED) is 0.697. The van der Waals surface area contributed by atoms with Crippen molar-refractivity contribution < 1.29 is 0 Å². The maximum atomic E-state index is 4.84. The molecule has 0 radical (unpaired) electrons. The van der Waals surface area contributed by atoms with Crippen molar-refractivity contribution in [3.05, 3.63) is 70.2 Å². The van der Waals surface area contributed by atoms with Gasteiger partial charge in [-0.1, -0.05) is 6.07 Å². The molecule has 0 N–H and O–H groups in total. The molecule has 5 nitrogen and oxygen atoms in total. The number of nitrogens with zero attached hydrogens (tertiary/aromatic N) is 5. The van der Waals surface area contributed by atoms with Gasteiger partial charge in [0.2, 0.25) is 0 Å². The fraction of sp³-hybridized carbons (Fsp3) is 0.381. The van der Waals surface area contributed by atoms with Crippen LogP contribution in [0.4, 0.5) is 5.69 Å². The van der Waals surface area contributed by atoms with Crippen LogP contribution in [0.25, 0.3) is 0 Å². The first-order valence-corrected chi connectivity index (χ1v) is 10.3. The van der Waals surface area contributed by atoms with Crippen molar-refractivity contribution in [1.29, 1.82) is 0 Å². The maximum absolute atomic E-state index is 4.84. The molecule has 0 unspecified atom stereocenters. The van der Waals surface area contributed by atoms with Crippen molar-refractivity contribution in [2.45, 2.75) is 31.8 Å². The second-order valence-electron chi connectivity index (χ2n) is 7.69. The minimum atomic E-state index is 0.136. The molecular formula is C21H23N5S. The summed E-state index contributed by atoms with van der Waals surface area (Å²) in [5, 5.41) is 0. The largest absolute Gasteiger partial charge is 0.365 e. The lowest BCUT2D eigenvalue weighted by Crippen LogP contribution is -2.36. The fourth-order valence-electron chi connectivity index (χ4n) is 4.54. The molecule has 3 aromatic rings. The highest BCUT2D eigenvalue weighted by atomic mass is 32.1. The highest BCUT2D eigenvalue weighted by Gasteiger charge is 2.48. The van der Waals surface area contributed by atoms with Crippen LogP contribution in [0.3, 0.4) is 0 Å². The van der Waals surface area contributed by atoms with E-state index in [1.165, 1.54) is 33.9 Å². The number of anilines is 1. The van der Waals surface area contributed by atoms with Crippen LogP contribution in [-0.2, 0) is 18.5 Å². The lowest BCUT2D eigenvalue weighted by Gasteiger charge is -2.26. The van der Waals surface area contributed by atoms with Crippen LogP contribution in [0.5, 0.6) is 0 Å². The minimum Gasteiger partial charge on any atom is -0.365 e. The van der Waals surface area contributed by atoms with E-state index in [0.29, 0.717) is 0 Å². The number of rotatable bonds is 4. The van der Waals surface area contributed by atoms with E-state index >= 15 is 0 Å². The molecule has 5 heterocycles. The Morgan fingerprint density at radius 1 is 1.11 bits per heavy atom. The van der Waals surface area contributed by atoms with Gasteiger partial charge >= 0.3 is 0 Å². The Bertz CT molecular complexity index is 941. The number of aryl methyl sites for hydroxylation is 1. The Balaban J connectivity index is 1.39. The second-order valence-corrected chi connectivity index (χ2v) is 8.63. The lowest BCUT2D eigenvalue weighted by atomic mass is 9.85. The minimum absolute atomic E-state index is 0.136. The molecule has 6 heteroatoms. The van der Waals surface area contributed by atoms with Gasteiger partial charge in [0.1, 0.15) is 0 Å². The molecule has 0 bridgehead atoms. The molecule has 2 aliphatic rings. The van der Waals surface area contributed by atoms with E-state index in [1.807, 2.05) is 30.2 Å². The number of fused-ring (bicyclic) bond motifs is 2. The molecule has 1 saturated heterocycles. The molecule has 0 saturated carbocycles. The van der Waals surface area contributed by atoms with E-state index in [0.717, 1.165) is 32.7 Å². The van der Waals surface area contributed by atoms with Crippen molar-refractivity contribution >= 4 is 17.0 Å². The van der Waals surface area contributed by atoms with Crippen LogP contribution in [0.1, 0.15) is 28.2 Å². The molecule has 138 valence electrons. The number of pyridine rings is 2. The fourth-order valence-corrected chi connectivity index (χ4v) is 5.35. The van der Waals surface area contributed by atoms with Gasteiger partial charge in [0.15, 0.2) is 0 Å². The first kappa shape index (κ1) is 16.8. The monoisotopic (exact) mass is 377 g/mol. The first-order chi connectivity index (χ1) is 13.2. The molecular weight excluding hydrogens is 354 g/mol.